The van der Waals surface area contributed by atoms with Gasteiger partial charge in [-0.2, -0.15) is 22.0 Å². The van der Waals surface area contributed by atoms with Gasteiger partial charge in [0, 0.05) is 5.69 Å². The molecule has 1 heterocycles. The molecule has 2 rings (SSSR count). The van der Waals surface area contributed by atoms with Gasteiger partial charge in [-0.15, -0.1) is 0 Å². The molecule has 10 heteroatoms. The van der Waals surface area contributed by atoms with Gasteiger partial charge in [0.25, 0.3) is 12.1 Å². The van der Waals surface area contributed by atoms with Crippen LogP contribution in [0.2, 0.25) is 0 Å². The second kappa shape index (κ2) is 7.22. The number of carbonyl (C=O) groups is 1. The highest BCUT2D eigenvalue weighted by Crippen LogP contribution is 2.38. The summed E-state index contributed by atoms with van der Waals surface area (Å²) in [6.45, 7) is 1.62. The predicted molar refractivity (Wildman–Crippen MR) is 79.9 cm³/mol. The van der Waals surface area contributed by atoms with Gasteiger partial charge < -0.3 is 10.1 Å². The third-order valence-electron chi connectivity index (χ3n) is 3.08. The van der Waals surface area contributed by atoms with Crippen molar-refractivity contribution >= 4 is 11.6 Å². The summed E-state index contributed by atoms with van der Waals surface area (Å²) in [4.78, 5) is 16.0. The summed E-state index contributed by atoms with van der Waals surface area (Å²) >= 11 is 0. The van der Waals surface area contributed by atoms with E-state index in [1.165, 1.54) is 24.3 Å². The van der Waals surface area contributed by atoms with Crippen LogP contribution in [-0.2, 0) is 0 Å². The highest BCUT2D eigenvalue weighted by Gasteiger charge is 2.59. The molecule has 4 nitrogen and oxygen atoms in total. The summed E-state index contributed by atoms with van der Waals surface area (Å²) in [6.07, 6.45) is -15.5. The smallest absolute Gasteiger partial charge is 0.428 e. The monoisotopic (exact) mass is 378 g/mol. The Balaban J connectivity index is 2.24. The van der Waals surface area contributed by atoms with E-state index in [1.54, 1.807) is 13.0 Å². The Hall–Kier alpha value is -2.78. The largest absolute Gasteiger partial charge is 0.439 e. The van der Waals surface area contributed by atoms with Crippen molar-refractivity contribution in [2.75, 3.05) is 5.32 Å². The van der Waals surface area contributed by atoms with Crippen LogP contribution >= 0.6 is 0 Å². The molecule has 0 aliphatic heterocycles. The molecular weight excluding hydrogens is 366 g/mol. The quantitative estimate of drug-likeness (QED) is 0.779. The van der Waals surface area contributed by atoms with Crippen LogP contribution in [0.15, 0.2) is 42.5 Å². The lowest BCUT2D eigenvalue weighted by Gasteiger charge is -2.24. The number of rotatable bonds is 5. The number of amides is 1. The van der Waals surface area contributed by atoms with E-state index in [0.717, 1.165) is 12.1 Å². The van der Waals surface area contributed by atoms with Crippen LogP contribution in [-0.4, -0.2) is 29.3 Å². The zero-order valence-electron chi connectivity index (χ0n) is 13.2. The molecule has 0 aliphatic carbocycles. The molecule has 1 amide bonds. The number of nitrogens with zero attached hydrogens (tertiary/aromatic N) is 1. The Kier molecular flexibility index (Phi) is 5.43. The molecule has 1 aromatic heterocycles. The summed E-state index contributed by atoms with van der Waals surface area (Å²) in [5.41, 5.74) is 0.0965. The lowest BCUT2D eigenvalue weighted by atomic mass is 10.2. The molecule has 1 N–H and O–H groups in total. The van der Waals surface area contributed by atoms with Crippen molar-refractivity contribution < 1.29 is 35.9 Å². The van der Waals surface area contributed by atoms with Gasteiger partial charge in [0.15, 0.2) is 0 Å². The third kappa shape index (κ3) is 4.64. The molecule has 0 saturated heterocycles. The SMILES string of the molecule is Cc1cccc(C(=O)Nc2ccccc2OC(F)(F)[C@H](F)C(F)(F)F)n1. The molecule has 1 atom stereocenters. The van der Waals surface area contributed by atoms with Crippen LogP contribution in [0.4, 0.5) is 32.0 Å². The average Bonchev–Trinajstić information content (AvgIpc) is 2.55. The molecule has 2 aromatic rings. The van der Waals surface area contributed by atoms with Crippen molar-refractivity contribution in [2.45, 2.75) is 25.4 Å². The van der Waals surface area contributed by atoms with E-state index >= 15 is 0 Å². The first-order chi connectivity index (χ1) is 12.0. The van der Waals surface area contributed by atoms with Crippen LogP contribution in [0.25, 0.3) is 0 Å². The normalized spacial score (nSPS) is 13.2. The highest BCUT2D eigenvalue weighted by atomic mass is 19.4. The number of ether oxygens (including phenoxy) is 1. The molecule has 0 radical (unpaired) electrons. The number of hydrogen-bond donors (Lipinski definition) is 1. The Morgan fingerprint density at radius 2 is 1.73 bits per heavy atom. The Bertz CT molecular complexity index is 794. The minimum atomic E-state index is -5.81. The van der Waals surface area contributed by atoms with Gasteiger partial charge >= 0.3 is 12.3 Å². The van der Waals surface area contributed by atoms with Crippen molar-refractivity contribution in [2.24, 2.45) is 0 Å². The Morgan fingerprint density at radius 3 is 2.35 bits per heavy atom. The number of carbonyl (C=O) groups excluding carboxylic acids is 1. The molecule has 0 saturated carbocycles. The van der Waals surface area contributed by atoms with Crippen LogP contribution in [0.3, 0.4) is 0 Å². The first-order valence-corrected chi connectivity index (χ1v) is 7.12. The second-order valence-corrected chi connectivity index (χ2v) is 5.18. The zero-order chi connectivity index (χ0) is 19.5. The van der Waals surface area contributed by atoms with Gasteiger partial charge in [0.2, 0.25) is 0 Å². The maximum absolute atomic E-state index is 13.4. The van der Waals surface area contributed by atoms with Gasteiger partial charge in [-0.1, -0.05) is 18.2 Å². The predicted octanol–water partition coefficient (Wildman–Crippen LogP) is 4.51. The first kappa shape index (κ1) is 19.5. The van der Waals surface area contributed by atoms with Crippen molar-refractivity contribution in [3.05, 3.63) is 53.9 Å². The van der Waals surface area contributed by atoms with Crippen LogP contribution in [0.5, 0.6) is 5.75 Å². The van der Waals surface area contributed by atoms with Gasteiger partial charge in [-0.25, -0.2) is 9.37 Å². The van der Waals surface area contributed by atoms with Crippen molar-refractivity contribution in [3.63, 3.8) is 0 Å². The molecule has 140 valence electrons. The maximum Gasteiger partial charge on any atom is 0.439 e. The van der Waals surface area contributed by atoms with Crippen molar-refractivity contribution in [1.29, 1.82) is 0 Å². The summed E-state index contributed by atoms with van der Waals surface area (Å²) in [5, 5.41) is 2.19. The minimum absolute atomic E-state index is 0.0507. The number of nitrogens with one attached hydrogen (secondary N) is 1. The van der Waals surface area contributed by atoms with E-state index in [4.69, 9.17) is 0 Å². The molecule has 0 unspecified atom stereocenters. The minimum Gasteiger partial charge on any atom is -0.428 e. The first-order valence-electron chi connectivity index (χ1n) is 7.12. The van der Waals surface area contributed by atoms with E-state index in [2.05, 4.69) is 15.0 Å². The number of pyridine rings is 1. The average molecular weight is 378 g/mol. The second-order valence-electron chi connectivity index (χ2n) is 5.18. The van der Waals surface area contributed by atoms with Gasteiger partial charge in [-0.05, 0) is 31.2 Å². The summed E-state index contributed by atoms with van der Waals surface area (Å²) in [5.74, 6) is -1.63. The fourth-order valence-corrected chi connectivity index (χ4v) is 1.90. The fourth-order valence-electron chi connectivity index (χ4n) is 1.90. The van der Waals surface area contributed by atoms with Gasteiger partial charge in [-0.3, -0.25) is 4.79 Å². The zero-order valence-corrected chi connectivity index (χ0v) is 13.2. The van der Waals surface area contributed by atoms with E-state index in [0.29, 0.717) is 5.69 Å². The molecule has 0 bridgehead atoms. The van der Waals surface area contributed by atoms with Crippen LogP contribution < -0.4 is 10.1 Å². The molecule has 26 heavy (non-hydrogen) atoms. The number of hydrogen-bond acceptors (Lipinski definition) is 3. The van der Waals surface area contributed by atoms with E-state index < -0.39 is 30.1 Å². The number of para-hydroxylation sites is 2. The number of halogens is 6. The van der Waals surface area contributed by atoms with Crippen molar-refractivity contribution in [3.8, 4) is 5.75 Å². The summed E-state index contributed by atoms with van der Waals surface area (Å²) < 4.78 is 80.4. The molecule has 0 spiro atoms. The molecule has 0 aliphatic rings. The highest BCUT2D eigenvalue weighted by molar-refractivity contribution is 6.03. The van der Waals surface area contributed by atoms with Crippen LogP contribution in [0, 0.1) is 6.92 Å². The van der Waals surface area contributed by atoms with Gasteiger partial charge in [0.05, 0.1) is 5.69 Å². The number of benzene rings is 1. The third-order valence-corrected chi connectivity index (χ3v) is 3.08. The van der Waals surface area contributed by atoms with E-state index in [-0.39, 0.29) is 11.4 Å². The number of alkyl halides is 6. The fraction of sp³-hybridized carbons (Fsp3) is 0.250. The Morgan fingerprint density at radius 1 is 1.08 bits per heavy atom. The summed E-state index contributed by atoms with van der Waals surface area (Å²) in [6, 6.07) is 8.98. The van der Waals surface area contributed by atoms with Crippen molar-refractivity contribution in [1.82, 2.24) is 4.98 Å². The van der Waals surface area contributed by atoms with Gasteiger partial charge in [0.1, 0.15) is 11.4 Å². The lowest BCUT2D eigenvalue weighted by molar-refractivity contribution is -0.304. The molecular formula is C16H12F6N2O2. The number of anilines is 1. The van der Waals surface area contributed by atoms with E-state index in [1.807, 2.05) is 0 Å². The topological polar surface area (TPSA) is 51.2 Å². The van der Waals surface area contributed by atoms with Crippen LogP contribution in [0.1, 0.15) is 16.2 Å². The maximum atomic E-state index is 13.4. The molecule has 1 aromatic carbocycles. The molecule has 0 fully saturated rings. The Labute approximate surface area is 143 Å². The summed E-state index contributed by atoms with van der Waals surface area (Å²) in [7, 11) is 0. The number of aryl methyl sites for hydroxylation is 1. The lowest BCUT2D eigenvalue weighted by Crippen LogP contribution is -2.45. The van der Waals surface area contributed by atoms with E-state index in [9.17, 15) is 31.1 Å². The number of aromatic nitrogens is 1. The standard InChI is InChI=1S/C16H12F6N2O2/c1-9-5-4-7-11(23-9)13(25)24-10-6-2-3-8-12(10)26-16(21,22)14(17)15(18,19)20/h2-8,14H,1H3,(H,24,25)/t14-/m1/s1.